The Balaban J connectivity index is 0.00000171. The highest BCUT2D eigenvalue weighted by Gasteiger charge is 2.32. The van der Waals surface area contributed by atoms with Crippen molar-refractivity contribution in [2.75, 3.05) is 0 Å². The Labute approximate surface area is 278 Å². The van der Waals surface area contributed by atoms with Crippen molar-refractivity contribution in [1.82, 2.24) is 20.8 Å². The second kappa shape index (κ2) is 20.5. The van der Waals surface area contributed by atoms with E-state index in [2.05, 4.69) is 68.3 Å². The Kier molecular flexibility index (Phi) is 17.7. The zero-order valence-electron chi connectivity index (χ0n) is 28.8. The lowest BCUT2D eigenvalue weighted by Gasteiger charge is -2.21. The summed E-state index contributed by atoms with van der Waals surface area (Å²) in [6.07, 6.45) is 5.41. The Morgan fingerprint density at radius 1 is 1.00 bits per heavy atom. The molecule has 0 saturated heterocycles. The molecule has 1 atom stereocenters. The lowest BCUT2D eigenvalue weighted by molar-refractivity contribution is -0.0881. The van der Waals surface area contributed by atoms with Gasteiger partial charge in [0.05, 0.1) is 17.1 Å². The molecule has 0 amide bonds. The normalized spacial score (nSPS) is 13.3. The first-order valence-corrected chi connectivity index (χ1v) is 15.8. The molecule has 1 unspecified atom stereocenters. The first-order chi connectivity index (χ1) is 22.2. The van der Waals surface area contributed by atoms with Crippen molar-refractivity contribution < 1.29 is 17.6 Å². The molecule has 0 aliphatic heterocycles. The number of alkyl halides is 3. The van der Waals surface area contributed by atoms with Gasteiger partial charge in [-0.2, -0.15) is 18.3 Å². The number of rotatable bonds is 11. The van der Waals surface area contributed by atoms with Gasteiger partial charge in [0.2, 0.25) is 0 Å². The minimum Gasteiger partial charge on any atom is -0.384 e. The second-order valence-electron chi connectivity index (χ2n) is 10.9. The molecule has 0 aliphatic rings. The van der Waals surface area contributed by atoms with E-state index < -0.39 is 11.7 Å². The van der Waals surface area contributed by atoms with Gasteiger partial charge in [-0.3, -0.25) is 5.10 Å². The Hall–Kier alpha value is -4.59. The molecule has 0 saturated carbocycles. The van der Waals surface area contributed by atoms with Gasteiger partial charge >= 0.3 is 6.18 Å². The molecule has 3 aromatic rings. The fraction of sp³-hybridized carbons (Fsp3) is 0.308. The Bertz CT molecular complexity index is 1600. The highest BCUT2D eigenvalue weighted by Crippen LogP contribution is 2.29. The molecule has 0 fully saturated rings. The third-order valence-corrected chi connectivity index (χ3v) is 6.56. The van der Waals surface area contributed by atoms with Gasteiger partial charge in [-0.25, -0.2) is 4.39 Å². The highest BCUT2D eigenvalue weighted by molar-refractivity contribution is 5.88. The molecule has 3 rings (SSSR count). The SMILES string of the molecule is C=C/C(=C\C(C(=C)NC(C)c1ccc(F)cc1)=C(/C)NCc1ccc(C(/C=c2/cn[nH]c2=C)=C/C)cc1)C(F)(F)F.CCC.CCC. The van der Waals surface area contributed by atoms with Gasteiger partial charge in [-0.05, 0) is 67.3 Å². The second-order valence-corrected chi connectivity index (χ2v) is 10.9. The number of allylic oxidation sites excluding steroid dienone is 6. The lowest BCUT2D eigenvalue weighted by atomic mass is 10.0. The van der Waals surface area contributed by atoms with E-state index in [1.165, 1.54) is 25.0 Å². The van der Waals surface area contributed by atoms with E-state index >= 15 is 0 Å². The van der Waals surface area contributed by atoms with Crippen molar-refractivity contribution >= 4 is 18.2 Å². The summed E-state index contributed by atoms with van der Waals surface area (Å²) < 4.78 is 54.2. The molecule has 3 N–H and O–H groups in total. The number of H-pyrrole nitrogens is 1. The number of halogens is 4. The van der Waals surface area contributed by atoms with E-state index in [4.69, 9.17) is 0 Å². The number of aromatic amines is 1. The van der Waals surface area contributed by atoms with Crippen molar-refractivity contribution in [2.45, 2.75) is 80.1 Å². The smallest absolute Gasteiger partial charge is 0.384 e. The van der Waals surface area contributed by atoms with Crippen LogP contribution in [0.3, 0.4) is 0 Å². The average molecular weight is 651 g/mol. The maximum Gasteiger partial charge on any atom is 0.416 e. The molecular weight excluding hydrogens is 600 g/mol. The number of nitrogens with one attached hydrogen (secondary N) is 3. The molecule has 1 aromatic heterocycles. The zero-order chi connectivity index (χ0) is 35.6. The first kappa shape index (κ1) is 40.4. The summed E-state index contributed by atoms with van der Waals surface area (Å²) in [6.45, 7) is 25.6. The molecule has 0 radical (unpaired) electrons. The monoisotopic (exact) mass is 650 g/mol. The standard InChI is InChI=1S/C33H34F4N4.2C3H8/c1-7-26(17-29-20-39-41-22(29)4)28-11-9-25(10-12-28)19-38-23(5)32(18-30(8-2)33(35,36)37)24(6)40-21(3)27-13-15-31(34)16-14-27;2*1-3-2/h7-18,20-21,38,40-41H,2,4,6,19H2,1,3,5H3;2*3H2,1-2H3/b26-7+,29-17-,30-18+,32-23-;;. The van der Waals surface area contributed by atoms with Crippen molar-refractivity contribution in [1.29, 1.82) is 0 Å². The number of benzene rings is 2. The van der Waals surface area contributed by atoms with Crippen LogP contribution in [-0.4, -0.2) is 16.4 Å². The van der Waals surface area contributed by atoms with Crippen LogP contribution in [-0.2, 0) is 6.54 Å². The van der Waals surface area contributed by atoms with Crippen LogP contribution in [0.25, 0.3) is 18.2 Å². The summed E-state index contributed by atoms with van der Waals surface area (Å²) in [6, 6.07) is 13.4. The van der Waals surface area contributed by atoms with E-state index in [0.29, 0.717) is 12.2 Å². The zero-order valence-corrected chi connectivity index (χ0v) is 28.8. The molecule has 47 heavy (non-hydrogen) atoms. The van der Waals surface area contributed by atoms with Gasteiger partial charge in [0.25, 0.3) is 0 Å². The number of aromatic nitrogens is 2. The summed E-state index contributed by atoms with van der Waals surface area (Å²) in [5, 5.41) is 14.8. The van der Waals surface area contributed by atoms with Gasteiger partial charge in [-0.1, -0.05) is 109 Å². The van der Waals surface area contributed by atoms with Crippen molar-refractivity contribution in [3.63, 3.8) is 0 Å². The van der Waals surface area contributed by atoms with Crippen LogP contribution in [0.5, 0.6) is 0 Å². The molecule has 1 heterocycles. The van der Waals surface area contributed by atoms with Crippen LogP contribution in [0.2, 0.25) is 0 Å². The molecule has 2 aromatic carbocycles. The Morgan fingerprint density at radius 2 is 1.57 bits per heavy atom. The molecular formula is C39H50F4N4. The molecule has 0 aliphatic carbocycles. The highest BCUT2D eigenvalue weighted by atomic mass is 19.4. The van der Waals surface area contributed by atoms with Crippen molar-refractivity contribution in [3.8, 4) is 0 Å². The maximum absolute atomic E-state index is 13.6. The van der Waals surface area contributed by atoms with Crippen LogP contribution in [0, 0.1) is 5.82 Å². The molecule has 4 nitrogen and oxygen atoms in total. The van der Waals surface area contributed by atoms with E-state index in [1.54, 1.807) is 25.3 Å². The molecule has 0 spiro atoms. The predicted octanol–water partition coefficient (Wildman–Crippen LogP) is 9.58. The van der Waals surface area contributed by atoms with Crippen molar-refractivity contribution in [3.05, 3.63) is 142 Å². The number of hydrogen-bond acceptors (Lipinski definition) is 3. The fourth-order valence-corrected chi connectivity index (χ4v) is 4.10. The van der Waals surface area contributed by atoms with E-state index in [1.807, 2.05) is 50.3 Å². The van der Waals surface area contributed by atoms with Gasteiger partial charge < -0.3 is 10.6 Å². The van der Waals surface area contributed by atoms with E-state index in [0.717, 1.165) is 45.0 Å². The van der Waals surface area contributed by atoms with E-state index in [9.17, 15) is 17.6 Å². The predicted molar refractivity (Wildman–Crippen MR) is 191 cm³/mol. The van der Waals surface area contributed by atoms with Crippen LogP contribution >= 0.6 is 0 Å². The minimum absolute atomic E-state index is 0.248. The summed E-state index contributed by atoms with van der Waals surface area (Å²) >= 11 is 0. The van der Waals surface area contributed by atoms with Gasteiger partial charge in [0, 0.05) is 34.8 Å². The maximum atomic E-state index is 13.6. The van der Waals surface area contributed by atoms with Crippen molar-refractivity contribution in [2.24, 2.45) is 0 Å². The average Bonchev–Trinajstić information content (AvgIpc) is 3.43. The van der Waals surface area contributed by atoms with Crippen LogP contribution in [0.15, 0.2) is 109 Å². The van der Waals surface area contributed by atoms with Gasteiger partial charge in [0.15, 0.2) is 0 Å². The minimum atomic E-state index is -4.58. The van der Waals surface area contributed by atoms with Gasteiger partial charge in [-0.15, -0.1) is 0 Å². The largest absolute Gasteiger partial charge is 0.416 e. The summed E-state index contributed by atoms with van der Waals surface area (Å²) in [7, 11) is 0. The topological polar surface area (TPSA) is 52.7 Å². The molecule has 254 valence electrons. The van der Waals surface area contributed by atoms with Crippen LogP contribution in [0.1, 0.15) is 84.0 Å². The van der Waals surface area contributed by atoms with Crippen LogP contribution in [0.4, 0.5) is 17.6 Å². The third-order valence-electron chi connectivity index (χ3n) is 6.56. The van der Waals surface area contributed by atoms with E-state index in [-0.39, 0.29) is 23.1 Å². The first-order valence-electron chi connectivity index (χ1n) is 15.8. The summed E-state index contributed by atoms with van der Waals surface area (Å²) in [5.74, 6) is -0.373. The van der Waals surface area contributed by atoms with Gasteiger partial charge in [0.1, 0.15) is 5.82 Å². The molecule has 8 heteroatoms. The summed E-state index contributed by atoms with van der Waals surface area (Å²) in [5.41, 5.74) is 3.83. The van der Waals surface area contributed by atoms with Crippen LogP contribution < -0.4 is 21.2 Å². The number of hydrogen-bond donors (Lipinski definition) is 3. The summed E-state index contributed by atoms with van der Waals surface area (Å²) in [4.78, 5) is 0. The fourth-order valence-electron chi connectivity index (χ4n) is 4.10. The number of nitrogens with zero attached hydrogens (tertiary/aromatic N) is 1. The quantitative estimate of drug-likeness (QED) is 0.143. The third kappa shape index (κ3) is 13.7. The lowest BCUT2D eigenvalue weighted by Crippen LogP contribution is -2.22. The molecule has 0 bridgehead atoms. The Morgan fingerprint density at radius 3 is 2.04 bits per heavy atom.